The van der Waals surface area contributed by atoms with E-state index in [1.807, 2.05) is 4.90 Å². The Morgan fingerprint density at radius 1 is 1.17 bits per heavy atom. The van der Waals surface area contributed by atoms with Crippen molar-refractivity contribution in [2.75, 3.05) is 24.6 Å². The predicted molar refractivity (Wildman–Crippen MR) is 81.7 cm³/mol. The normalized spacial score (nSPS) is 18.5. The lowest BCUT2D eigenvalue weighted by atomic mass is 9.98. The number of hydrogen-bond donors (Lipinski definition) is 0. The number of ether oxygens (including phenoxy) is 1. The molecule has 5 nitrogen and oxygen atoms in total. The Morgan fingerprint density at radius 3 is 2.71 bits per heavy atom. The molecule has 3 rings (SSSR count). The van der Waals surface area contributed by atoms with Crippen LogP contribution in [0.3, 0.4) is 0 Å². The number of pyridine rings is 1. The van der Waals surface area contributed by atoms with Gasteiger partial charge in [-0.15, -0.1) is 0 Å². The third-order valence-electron chi connectivity index (χ3n) is 3.91. The van der Waals surface area contributed by atoms with Gasteiger partial charge in [-0.3, -0.25) is 4.98 Å². The molecule has 1 aliphatic heterocycles. The Hall–Kier alpha value is -2.38. The summed E-state index contributed by atoms with van der Waals surface area (Å²) in [4.78, 5) is 13.3. The molecule has 1 aliphatic rings. The Morgan fingerprint density at radius 2 is 1.96 bits per heavy atom. The lowest BCUT2D eigenvalue weighted by Gasteiger charge is -2.34. The van der Waals surface area contributed by atoms with E-state index in [-0.39, 0.29) is 5.92 Å². The zero-order valence-electron chi connectivity index (χ0n) is 12.9. The van der Waals surface area contributed by atoms with Gasteiger partial charge >= 0.3 is 12.2 Å². The lowest BCUT2D eigenvalue weighted by Crippen LogP contribution is -2.38. The van der Waals surface area contributed by atoms with Crippen LogP contribution in [0.5, 0.6) is 6.01 Å². The molecule has 0 spiro atoms. The molecule has 3 heterocycles. The smallest absolute Gasteiger partial charge is 0.433 e. The zero-order valence-corrected chi connectivity index (χ0v) is 12.9. The van der Waals surface area contributed by atoms with Gasteiger partial charge in [0.1, 0.15) is 5.69 Å². The van der Waals surface area contributed by atoms with Crippen molar-refractivity contribution in [1.82, 2.24) is 15.0 Å². The van der Waals surface area contributed by atoms with Crippen LogP contribution in [-0.4, -0.2) is 34.6 Å². The third-order valence-corrected chi connectivity index (χ3v) is 3.91. The van der Waals surface area contributed by atoms with Gasteiger partial charge in [-0.25, -0.2) is 9.97 Å². The van der Waals surface area contributed by atoms with E-state index in [0.717, 1.165) is 25.5 Å². The molecule has 0 amide bonds. The van der Waals surface area contributed by atoms with Crippen molar-refractivity contribution in [2.24, 2.45) is 5.92 Å². The number of piperidine rings is 1. The second-order valence-electron chi connectivity index (χ2n) is 5.69. The van der Waals surface area contributed by atoms with Crippen LogP contribution in [0, 0.1) is 5.92 Å². The standard InChI is InChI=1S/C16H17F3N4O/c17-16(18,19)14-9-13(4-7-20-14)23-8-1-3-12(10-23)11-24-15-21-5-2-6-22-15/h2,4-7,9,12H,1,3,8,10-11H2. The maximum absolute atomic E-state index is 12.8. The van der Waals surface area contributed by atoms with Gasteiger partial charge in [-0.2, -0.15) is 13.2 Å². The minimum Gasteiger partial charge on any atom is -0.463 e. The number of hydrogen-bond acceptors (Lipinski definition) is 5. The van der Waals surface area contributed by atoms with Crippen LogP contribution in [0.2, 0.25) is 0 Å². The number of alkyl halides is 3. The van der Waals surface area contributed by atoms with Crippen LogP contribution < -0.4 is 9.64 Å². The number of halogens is 3. The van der Waals surface area contributed by atoms with Gasteiger partial charge in [0.2, 0.25) is 0 Å². The van der Waals surface area contributed by atoms with Crippen LogP contribution in [0.15, 0.2) is 36.8 Å². The van der Waals surface area contributed by atoms with Gasteiger partial charge in [0.05, 0.1) is 6.61 Å². The van der Waals surface area contributed by atoms with Crippen LogP contribution in [0.4, 0.5) is 18.9 Å². The maximum Gasteiger partial charge on any atom is 0.433 e. The van der Waals surface area contributed by atoms with Gasteiger partial charge < -0.3 is 9.64 Å². The molecule has 0 N–H and O–H groups in total. The van der Waals surface area contributed by atoms with Gasteiger partial charge in [-0.1, -0.05) is 0 Å². The van der Waals surface area contributed by atoms with Crippen molar-refractivity contribution in [2.45, 2.75) is 19.0 Å². The number of rotatable bonds is 4. The van der Waals surface area contributed by atoms with E-state index in [1.165, 1.54) is 6.20 Å². The van der Waals surface area contributed by atoms with Gasteiger partial charge in [0.15, 0.2) is 0 Å². The van der Waals surface area contributed by atoms with Crippen molar-refractivity contribution in [3.05, 3.63) is 42.5 Å². The lowest BCUT2D eigenvalue weighted by molar-refractivity contribution is -0.141. The number of aromatic nitrogens is 3. The SMILES string of the molecule is FC(F)(F)c1cc(N2CCCC(COc3ncccn3)C2)ccn1. The molecular formula is C16H17F3N4O. The molecule has 1 unspecified atom stereocenters. The summed E-state index contributed by atoms with van der Waals surface area (Å²) in [5.41, 5.74) is -0.325. The molecular weight excluding hydrogens is 321 g/mol. The van der Waals surface area contributed by atoms with E-state index in [2.05, 4.69) is 15.0 Å². The third kappa shape index (κ3) is 4.12. The summed E-state index contributed by atoms with van der Waals surface area (Å²) < 4.78 is 44.0. The molecule has 0 saturated carbocycles. The summed E-state index contributed by atoms with van der Waals surface area (Å²) in [5.74, 6) is 0.213. The highest BCUT2D eigenvalue weighted by molar-refractivity contribution is 5.47. The van der Waals surface area contributed by atoms with Crippen LogP contribution in [-0.2, 0) is 6.18 Å². The first-order valence-corrected chi connectivity index (χ1v) is 7.70. The van der Waals surface area contributed by atoms with Crippen LogP contribution in [0.1, 0.15) is 18.5 Å². The van der Waals surface area contributed by atoms with Crippen LogP contribution in [0.25, 0.3) is 0 Å². The summed E-state index contributed by atoms with van der Waals surface area (Å²) >= 11 is 0. The molecule has 1 fully saturated rings. The highest BCUT2D eigenvalue weighted by Gasteiger charge is 2.33. The highest BCUT2D eigenvalue weighted by Crippen LogP contribution is 2.31. The molecule has 0 aromatic carbocycles. The summed E-state index contributed by atoms with van der Waals surface area (Å²) in [6.07, 6.45) is 1.83. The van der Waals surface area contributed by atoms with E-state index < -0.39 is 11.9 Å². The van der Waals surface area contributed by atoms with Gasteiger partial charge in [0.25, 0.3) is 0 Å². The minimum absolute atomic E-state index is 0.213. The average molecular weight is 338 g/mol. The number of anilines is 1. The molecule has 8 heteroatoms. The quantitative estimate of drug-likeness (QED) is 0.857. The first-order chi connectivity index (χ1) is 11.5. The predicted octanol–water partition coefficient (Wildman–Crippen LogP) is 3.19. The highest BCUT2D eigenvalue weighted by atomic mass is 19.4. The van der Waals surface area contributed by atoms with E-state index in [1.54, 1.807) is 24.5 Å². The van der Waals surface area contributed by atoms with E-state index in [4.69, 9.17) is 4.74 Å². The maximum atomic E-state index is 12.8. The molecule has 2 aromatic heterocycles. The second-order valence-corrected chi connectivity index (χ2v) is 5.69. The van der Waals surface area contributed by atoms with Crippen molar-refractivity contribution in [3.63, 3.8) is 0 Å². The Labute approximate surface area is 137 Å². The van der Waals surface area contributed by atoms with E-state index >= 15 is 0 Å². The first-order valence-electron chi connectivity index (χ1n) is 7.70. The Balaban J connectivity index is 1.63. The fraction of sp³-hybridized carbons (Fsp3) is 0.438. The molecule has 0 radical (unpaired) electrons. The summed E-state index contributed by atoms with van der Waals surface area (Å²) in [6.45, 7) is 1.80. The van der Waals surface area contributed by atoms with Crippen molar-refractivity contribution >= 4 is 5.69 Å². The van der Waals surface area contributed by atoms with Crippen molar-refractivity contribution in [3.8, 4) is 6.01 Å². The fourth-order valence-corrected chi connectivity index (χ4v) is 2.76. The molecule has 1 atom stereocenters. The van der Waals surface area contributed by atoms with E-state index in [0.29, 0.717) is 24.8 Å². The van der Waals surface area contributed by atoms with E-state index in [9.17, 15) is 13.2 Å². The summed E-state index contributed by atoms with van der Waals surface area (Å²) in [6, 6.07) is 4.73. The Kier molecular flexibility index (Phi) is 4.82. The largest absolute Gasteiger partial charge is 0.463 e. The Bertz CT molecular complexity index is 666. The first kappa shape index (κ1) is 16.5. The van der Waals surface area contributed by atoms with Crippen molar-refractivity contribution in [1.29, 1.82) is 0 Å². The molecule has 1 saturated heterocycles. The van der Waals surface area contributed by atoms with Crippen molar-refractivity contribution < 1.29 is 17.9 Å². The fourth-order valence-electron chi connectivity index (χ4n) is 2.76. The molecule has 128 valence electrons. The topological polar surface area (TPSA) is 51.1 Å². The summed E-state index contributed by atoms with van der Waals surface area (Å²) in [7, 11) is 0. The average Bonchev–Trinajstić information content (AvgIpc) is 2.60. The summed E-state index contributed by atoms with van der Waals surface area (Å²) in [5, 5.41) is 0. The molecule has 0 bridgehead atoms. The number of nitrogens with zero attached hydrogens (tertiary/aromatic N) is 4. The van der Waals surface area contributed by atoms with Gasteiger partial charge in [0, 0.05) is 43.3 Å². The molecule has 2 aromatic rings. The molecule has 24 heavy (non-hydrogen) atoms. The molecule has 0 aliphatic carbocycles. The second kappa shape index (κ2) is 7.02. The minimum atomic E-state index is -4.43. The monoisotopic (exact) mass is 338 g/mol. The van der Waals surface area contributed by atoms with Crippen LogP contribution >= 0.6 is 0 Å². The zero-order chi connectivity index (χ0) is 17.0. The van der Waals surface area contributed by atoms with Gasteiger partial charge in [-0.05, 0) is 31.0 Å².